The van der Waals surface area contributed by atoms with Crippen LogP contribution in [0.5, 0.6) is 0 Å². The number of nitrogens with zero attached hydrogens (tertiary/aromatic N) is 2. The van der Waals surface area contributed by atoms with Crippen LogP contribution in [0.1, 0.15) is 38.3 Å². The van der Waals surface area contributed by atoms with Gasteiger partial charge in [0.2, 0.25) is 0 Å². The molecule has 1 saturated heterocycles. The third-order valence-corrected chi connectivity index (χ3v) is 4.58. The van der Waals surface area contributed by atoms with Crippen molar-refractivity contribution in [3.63, 3.8) is 0 Å². The quantitative estimate of drug-likeness (QED) is 0.873. The molecule has 0 saturated carbocycles. The molecule has 1 aliphatic rings. The van der Waals surface area contributed by atoms with Gasteiger partial charge in [-0.1, -0.05) is 31.2 Å². The lowest BCUT2D eigenvalue weighted by atomic mass is 10.0. The summed E-state index contributed by atoms with van der Waals surface area (Å²) in [6, 6.07) is 10.3. The molecule has 1 heterocycles. The van der Waals surface area contributed by atoms with Crippen LogP contribution in [0.4, 0.5) is 0 Å². The first-order valence-electron chi connectivity index (χ1n) is 8.40. The Kier molecular flexibility index (Phi) is 6.22. The summed E-state index contributed by atoms with van der Waals surface area (Å²) in [5, 5.41) is 0. The second kappa shape index (κ2) is 7.92. The van der Waals surface area contributed by atoms with Crippen LogP contribution in [0.15, 0.2) is 24.3 Å². The SMILES string of the molecule is CC[C@H]1CN(Cc2cccc(CCN)c2)CCN1C(C)C. The maximum absolute atomic E-state index is 5.66. The van der Waals surface area contributed by atoms with Crippen LogP contribution in [0.3, 0.4) is 0 Å². The van der Waals surface area contributed by atoms with Crippen LogP contribution in [0.2, 0.25) is 0 Å². The molecule has 1 fully saturated rings. The van der Waals surface area contributed by atoms with Gasteiger partial charge < -0.3 is 5.73 Å². The van der Waals surface area contributed by atoms with E-state index in [0.29, 0.717) is 12.1 Å². The first-order chi connectivity index (χ1) is 10.1. The van der Waals surface area contributed by atoms with Crippen LogP contribution in [-0.2, 0) is 13.0 Å². The molecule has 1 atom stereocenters. The molecular weight excluding hydrogens is 258 g/mol. The monoisotopic (exact) mass is 289 g/mol. The standard InChI is InChI=1S/C18H31N3/c1-4-18-14-20(10-11-21(18)15(2)3)13-17-7-5-6-16(12-17)8-9-19/h5-7,12,15,18H,4,8-11,13-14,19H2,1-3H3/t18-/m0/s1. The highest BCUT2D eigenvalue weighted by Gasteiger charge is 2.27. The maximum atomic E-state index is 5.66. The van der Waals surface area contributed by atoms with Crippen molar-refractivity contribution in [3.05, 3.63) is 35.4 Å². The largest absolute Gasteiger partial charge is 0.330 e. The first-order valence-corrected chi connectivity index (χ1v) is 8.40. The molecule has 21 heavy (non-hydrogen) atoms. The van der Waals surface area contributed by atoms with Crippen LogP contribution >= 0.6 is 0 Å². The summed E-state index contributed by atoms with van der Waals surface area (Å²) in [6.07, 6.45) is 2.22. The highest BCUT2D eigenvalue weighted by atomic mass is 15.3. The van der Waals surface area contributed by atoms with E-state index in [-0.39, 0.29) is 0 Å². The predicted octanol–water partition coefficient (Wildman–Crippen LogP) is 2.49. The Morgan fingerprint density at radius 1 is 1.24 bits per heavy atom. The van der Waals surface area contributed by atoms with Crippen molar-refractivity contribution in [1.82, 2.24) is 9.80 Å². The van der Waals surface area contributed by atoms with Gasteiger partial charge in [0.1, 0.15) is 0 Å². The van der Waals surface area contributed by atoms with E-state index in [2.05, 4.69) is 54.8 Å². The van der Waals surface area contributed by atoms with E-state index in [1.165, 1.54) is 37.2 Å². The normalized spacial score (nSPS) is 21.1. The zero-order valence-electron chi connectivity index (χ0n) is 13.9. The molecule has 0 bridgehead atoms. The summed E-state index contributed by atoms with van der Waals surface area (Å²) in [5.41, 5.74) is 8.45. The van der Waals surface area contributed by atoms with Gasteiger partial charge in [0.15, 0.2) is 0 Å². The topological polar surface area (TPSA) is 32.5 Å². The Labute approximate surface area is 130 Å². The zero-order valence-corrected chi connectivity index (χ0v) is 13.9. The summed E-state index contributed by atoms with van der Waals surface area (Å²) < 4.78 is 0. The average molecular weight is 289 g/mol. The third-order valence-electron chi connectivity index (χ3n) is 4.58. The smallest absolute Gasteiger partial charge is 0.0235 e. The fourth-order valence-electron chi connectivity index (χ4n) is 3.43. The zero-order chi connectivity index (χ0) is 15.2. The summed E-state index contributed by atoms with van der Waals surface area (Å²) in [7, 11) is 0. The minimum Gasteiger partial charge on any atom is -0.330 e. The molecule has 2 rings (SSSR count). The van der Waals surface area contributed by atoms with Crippen molar-refractivity contribution < 1.29 is 0 Å². The summed E-state index contributed by atoms with van der Waals surface area (Å²) in [4.78, 5) is 5.26. The first kappa shape index (κ1) is 16.5. The lowest BCUT2D eigenvalue weighted by molar-refractivity contribution is 0.0457. The van der Waals surface area contributed by atoms with Gasteiger partial charge >= 0.3 is 0 Å². The molecule has 0 radical (unpaired) electrons. The van der Waals surface area contributed by atoms with Gasteiger partial charge in [0, 0.05) is 38.3 Å². The predicted molar refractivity (Wildman–Crippen MR) is 90.4 cm³/mol. The van der Waals surface area contributed by atoms with E-state index in [0.717, 1.165) is 19.5 Å². The highest BCUT2D eigenvalue weighted by molar-refractivity contribution is 5.23. The van der Waals surface area contributed by atoms with Crippen molar-refractivity contribution in [3.8, 4) is 0 Å². The number of nitrogens with two attached hydrogens (primary N) is 1. The van der Waals surface area contributed by atoms with Crippen LogP contribution in [0.25, 0.3) is 0 Å². The second-order valence-corrected chi connectivity index (χ2v) is 6.49. The van der Waals surface area contributed by atoms with Gasteiger partial charge in [0.05, 0.1) is 0 Å². The molecule has 0 unspecified atom stereocenters. The minimum absolute atomic E-state index is 0.657. The molecular formula is C18H31N3. The lowest BCUT2D eigenvalue weighted by Crippen LogP contribution is -2.54. The van der Waals surface area contributed by atoms with E-state index in [4.69, 9.17) is 5.73 Å². The van der Waals surface area contributed by atoms with Crippen LogP contribution in [-0.4, -0.2) is 48.1 Å². The van der Waals surface area contributed by atoms with E-state index < -0.39 is 0 Å². The van der Waals surface area contributed by atoms with Crippen molar-refractivity contribution in [2.75, 3.05) is 26.2 Å². The number of hydrogen-bond acceptors (Lipinski definition) is 3. The molecule has 0 aliphatic carbocycles. The molecule has 0 aromatic heterocycles. The fraction of sp³-hybridized carbons (Fsp3) is 0.667. The Bertz CT molecular complexity index is 430. The highest BCUT2D eigenvalue weighted by Crippen LogP contribution is 2.18. The van der Waals surface area contributed by atoms with Gasteiger partial charge in [-0.05, 0) is 44.4 Å². The van der Waals surface area contributed by atoms with Gasteiger partial charge in [-0.25, -0.2) is 0 Å². The van der Waals surface area contributed by atoms with E-state index in [9.17, 15) is 0 Å². The molecule has 1 aromatic rings. The summed E-state index contributed by atoms with van der Waals surface area (Å²) in [6.45, 7) is 12.3. The second-order valence-electron chi connectivity index (χ2n) is 6.49. The van der Waals surface area contributed by atoms with Gasteiger partial charge in [0.25, 0.3) is 0 Å². The Hall–Kier alpha value is -0.900. The summed E-state index contributed by atoms with van der Waals surface area (Å²) in [5.74, 6) is 0. The van der Waals surface area contributed by atoms with E-state index in [1.807, 2.05) is 0 Å². The molecule has 3 heteroatoms. The van der Waals surface area contributed by atoms with Crippen molar-refractivity contribution in [2.24, 2.45) is 5.73 Å². The van der Waals surface area contributed by atoms with Crippen LogP contribution < -0.4 is 5.73 Å². The van der Waals surface area contributed by atoms with Gasteiger partial charge in [-0.2, -0.15) is 0 Å². The fourth-order valence-corrected chi connectivity index (χ4v) is 3.43. The summed E-state index contributed by atoms with van der Waals surface area (Å²) >= 11 is 0. The Morgan fingerprint density at radius 3 is 2.67 bits per heavy atom. The number of piperazine rings is 1. The molecule has 2 N–H and O–H groups in total. The van der Waals surface area contributed by atoms with Crippen molar-refractivity contribution >= 4 is 0 Å². The number of hydrogen-bond donors (Lipinski definition) is 1. The Balaban J connectivity index is 1.96. The van der Waals surface area contributed by atoms with Crippen molar-refractivity contribution in [1.29, 1.82) is 0 Å². The molecule has 3 nitrogen and oxygen atoms in total. The number of benzene rings is 1. The van der Waals surface area contributed by atoms with E-state index >= 15 is 0 Å². The van der Waals surface area contributed by atoms with E-state index in [1.54, 1.807) is 0 Å². The van der Waals surface area contributed by atoms with Gasteiger partial charge in [-0.15, -0.1) is 0 Å². The van der Waals surface area contributed by atoms with Gasteiger partial charge in [-0.3, -0.25) is 9.80 Å². The average Bonchev–Trinajstić information content (AvgIpc) is 2.47. The molecule has 1 aromatic carbocycles. The molecule has 0 amide bonds. The third kappa shape index (κ3) is 4.53. The molecule has 0 spiro atoms. The maximum Gasteiger partial charge on any atom is 0.0235 e. The molecule has 1 aliphatic heterocycles. The molecule has 118 valence electrons. The number of rotatable bonds is 6. The lowest BCUT2D eigenvalue weighted by Gasteiger charge is -2.43. The van der Waals surface area contributed by atoms with Crippen LogP contribution in [0, 0.1) is 0 Å². The Morgan fingerprint density at radius 2 is 2.00 bits per heavy atom. The van der Waals surface area contributed by atoms with Crippen molar-refractivity contribution in [2.45, 2.75) is 52.2 Å². The minimum atomic E-state index is 0.657.